The van der Waals surface area contributed by atoms with Gasteiger partial charge < -0.3 is 4.90 Å². The van der Waals surface area contributed by atoms with Crippen molar-refractivity contribution in [3.8, 4) is 0 Å². The van der Waals surface area contributed by atoms with Gasteiger partial charge >= 0.3 is 0 Å². The monoisotopic (exact) mass is 255 g/mol. The van der Waals surface area contributed by atoms with Crippen LogP contribution in [0.4, 0.5) is 8.78 Å². The molecule has 0 spiro atoms. The fourth-order valence-electron chi connectivity index (χ4n) is 1.88. The van der Waals surface area contributed by atoms with Crippen LogP contribution in [0.5, 0.6) is 0 Å². The molecule has 0 aromatic rings. The van der Waals surface area contributed by atoms with Gasteiger partial charge in [-0.2, -0.15) is 0 Å². The van der Waals surface area contributed by atoms with E-state index >= 15 is 0 Å². The van der Waals surface area contributed by atoms with Gasteiger partial charge in [0, 0.05) is 11.9 Å². The van der Waals surface area contributed by atoms with Gasteiger partial charge in [0.2, 0.25) is 0 Å². The average Bonchev–Trinajstić information content (AvgIpc) is 1.95. The van der Waals surface area contributed by atoms with Gasteiger partial charge in [-0.05, 0) is 25.3 Å². The average molecular weight is 256 g/mol. The van der Waals surface area contributed by atoms with Gasteiger partial charge in [0.1, 0.15) is 0 Å². The lowest BCUT2D eigenvalue weighted by Crippen LogP contribution is -2.43. The number of nitrogens with zero attached hydrogens (tertiary/aromatic N) is 1. The van der Waals surface area contributed by atoms with Crippen LogP contribution in [0.3, 0.4) is 0 Å². The summed E-state index contributed by atoms with van der Waals surface area (Å²) in [6.45, 7) is 0.692. The first kappa shape index (κ1) is 11.4. The summed E-state index contributed by atoms with van der Waals surface area (Å²) < 4.78 is 24.1. The second-order valence-corrected chi connectivity index (χ2v) is 4.64. The molecule has 0 atom stereocenters. The van der Waals surface area contributed by atoms with Crippen molar-refractivity contribution in [2.24, 2.45) is 5.41 Å². The highest BCUT2D eigenvalue weighted by Crippen LogP contribution is 2.42. The summed E-state index contributed by atoms with van der Waals surface area (Å²) in [5.41, 5.74) is 0.281. The zero-order valence-electron chi connectivity index (χ0n) is 7.90. The van der Waals surface area contributed by atoms with Gasteiger partial charge in [-0.1, -0.05) is 22.4 Å². The maximum atomic E-state index is 12.0. The molecule has 1 saturated carbocycles. The predicted molar refractivity (Wildman–Crippen MR) is 53.6 cm³/mol. The summed E-state index contributed by atoms with van der Waals surface area (Å²) >= 11 is 3.46. The van der Waals surface area contributed by atoms with Gasteiger partial charge in [-0.3, -0.25) is 0 Å². The van der Waals surface area contributed by atoms with Crippen LogP contribution in [-0.2, 0) is 0 Å². The first-order valence-corrected chi connectivity index (χ1v) is 5.73. The second-order valence-electron chi connectivity index (χ2n) is 4.08. The molecule has 13 heavy (non-hydrogen) atoms. The van der Waals surface area contributed by atoms with Crippen molar-refractivity contribution in [1.29, 1.82) is 0 Å². The van der Waals surface area contributed by atoms with Crippen molar-refractivity contribution < 1.29 is 8.78 Å². The molecule has 0 saturated heterocycles. The van der Waals surface area contributed by atoms with Gasteiger partial charge in [-0.15, -0.1) is 0 Å². The Hall–Kier alpha value is 0.300. The Balaban J connectivity index is 2.29. The third-order valence-corrected chi connectivity index (χ3v) is 3.94. The molecule has 4 heteroatoms. The smallest absolute Gasteiger partial charge is 0.251 e. The molecule has 1 nitrogen and oxygen atoms in total. The number of hydrogen-bond acceptors (Lipinski definition) is 1. The van der Waals surface area contributed by atoms with E-state index < -0.39 is 6.43 Å². The molecule has 0 amide bonds. The van der Waals surface area contributed by atoms with E-state index in [1.807, 2.05) is 0 Å². The summed E-state index contributed by atoms with van der Waals surface area (Å²) in [7, 11) is 1.77. The predicted octanol–water partition coefficient (Wildman–Crippen LogP) is 2.75. The van der Waals surface area contributed by atoms with E-state index in [4.69, 9.17) is 0 Å². The lowest BCUT2D eigenvalue weighted by atomic mass is 9.70. The van der Waals surface area contributed by atoms with Gasteiger partial charge in [-0.25, -0.2) is 8.78 Å². The highest BCUT2D eigenvalue weighted by molar-refractivity contribution is 9.09. The number of rotatable bonds is 5. The van der Waals surface area contributed by atoms with Crippen molar-refractivity contribution in [2.45, 2.75) is 25.7 Å². The molecular formula is C9H16BrF2N. The second kappa shape index (κ2) is 4.69. The van der Waals surface area contributed by atoms with E-state index in [9.17, 15) is 8.78 Å². The number of halogens is 3. The third kappa shape index (κ3) is 3.17. The standard InChI is InChI=1S/C9H16BrF2N/c1-13(5-8(11)12)7-9(6-10)3-2-4-9/h8H,2-7H2,1H3. The molecule has 0 heterocycles. The Kier molecular flexibility index (Phi) is 4.10. The van der Waals surface area contributed by atoms with Crippen molar-refractivity contribution in [2.75, 3.05) is 25.5 Å². The van der Waals surface area contributed by atoms with Crippen molar-refractivity contribution in [3.05, 3.63) is 0 Å². The van der Waals surface area contributed by atoms with E-state index in [1.165, 1.54) is 19.3 Å². The third-order valence-electron chi connectivity index (χ3n) is 2.75. The SMILES string of the molecule is CN(CC(F)F)CC1(CBr)CCC1. The molecule has 78 valence electrons. The van der Waals surface area contributed by atoms with Crippen molar-refractivity contribution in [3.63, 3.8) is 0 Å². The van der Waals surface area contributed by atoms with Crippen LogP contribution in [-0.4, -0.2) is 36.8 Å². The molecule has 0 unspecified atom stereocenters. The van der Waals surface area contributed by atoms with E-state index in [0.29, 0.717) is 0 Å². The zero-order valence-corrected chi connectivity index (χ0v) is 9.49. The quantitative estimate of drug-likeness (QED) is 0.683. The van der Waals surface area contributed by atoms with Gasteiger partial charge in [0.25, 0.3) is 6.43 Å². The Morgan fingerprint density at radius 2 is 2.08 bits per heavy atom. The van der Waals surface area contributed by atoms with Gasteiger partial charge in [0.05, 0.1) is 6.54 Å². The molecule has 0 radical (unpaired) electrons. The first-order valence-electron chi connectivity index (χ1n) is 4.61. The first-order chi connectivity index (χ1) is 6.08. The Labute approximate surface area is 86.6 Å². The molecule has 1 rings (SSSR count). The summed E-state index contributed by atoms with van der Waals surface area (Å²) in [6.07, 6.45) is 1.38. The van der Waals surface area contributed by atoms with E-state index in [1.54, 1.807) is 11.9 Å². The van der Waals surface area contributed by atoms with Crippen molar-refractivity contribution in [1.82, 2.24) is 4.90 Å². The maximum Gasteiger partial charge on any atom is 0.251 e. The lowest BCUT2D eigenvalue weighted by molar-refractivity contribution is 0.0542. The van der Waals surface area contributed by atoms with E-state index in [0.717, 1.165) is 11.9 Å². The van der Waals surface area contributed by atoms with Crippen LogP contribution < -0.4 is 0 Å². The number of alkyl halides is 3. The maximum absolute atomic E-state index is 12.0. The summed E-state index contributed by atoms with van der Waals surface area (Å²) in [5.74, 6) is 0. The minimum absolute atomic E-state index is 0.102. The molecule has 1 aliphatic rings. The molecule has 0 aromatic carbocycles. The topological polar surface area (TPSA) is 3.24 Å². The molecule has 0 aromatic heterocycles. The molecule has 1 aliphatic carbocycles. The molecular weight excluding hydrogens is 240 g/mol. The largest absolute Gasteiger partial charge is 0.300 e. The summed E-state index contributed by atoms with van der Waals surface area (Å²) in [5, 5.41) is 0.938. The molecule has 1 fully saturated rings. The molecule has 0 bridgehead atoms. The molecule has 0 aliphatic heterocycles. The molecule has 0 N–H and O–H groups in total. The zero-order chi connectivity index (χ0) is 9.90. The van der Waals surface area contributed by atoms with Crippen LogP contribution in [0.25, 0.3) is 0 Å². The van der Waals surface area contributed by atoms with Crippen LogP contribution in [0.2, 0.25) is 0 Å². The highest BCUT2D eigenvalue weighted by atomic mass is 79.9. The van der Waals surface area contributed by atoms with Crippen LogP contribution in [0.1, 0.15) is 19.3 Å². The number of hydrogen-bond donors (Lipinski definition) is 0. The van der Waals surface area contributed by atoms with E-state index in [-0.39, 0.29) is 12.0 Å². The van der Waals surface area contributed by atoms with E-state index in [2.05, 4.69) is 15.9 Å². The van der Waals surface area contributed by atoms with Crippen LogP contribution in [0, 0.1) is 5.41 Å². The Morgan fingerprint density at radius 1 is 1.46 bits per heavy atom. The normalized spacial score (nSPS) is 20.8. The highest BCUT2D eigenvalue weighted by Gasteiger charge is 2.36. The summed E-state index contributed by atoms with van der Waals surface area (Å²) in [6, 6.07) is 0. The minimum atomic E-state index is -2.21. The van der Waals surface area contributed by atoms with Crippen LogP contribution in [0.15, 0.2) is 0 Å². The fraction of sp³-hybridized carbons (Fsp3) is 1.00. The Morgan fingerprint density at radius 3 is 2.38 bits per heavy atom. The van der Waals surface area contributed by atoms with Crippen LogP contribution >= 0.6 is 15.9 Å². The lowest BCUT2D eigenvalue weighted by Gasteiger charge is -2.43. The minimum Gasteiger partial charge on any atom is -0.300 e. The summed E-state index contributed by atoms with van der Waals surface area (Å²) in [4.78, 5) is 1.74. The Bertz CT molecular complexity index is 154. The van der Waals surface area contributed by atoms with Crippen molar-refractivity contribution >= 4 is 15.9 Å². The fourth-order valence-corrected chi connectivity index (χ4v) is 2.62. The van der Waals surface area contributed by atoms with Gasteiger partial charge in [0.15, 0.2) is 0 Å².